The predicted octanol–water partition coefficient (Wildman–Crippen LogP) is 1.82. The van der Waals surface area contributed by atoms with Gasteiger partial charge in [-0.1, -0.05) is 25.1 Å². The molecule has 0 unspecified atom stereocenters. The molecule has 1 heterocycles. The van der Waals surface area contributed by atoms with Gasteiger partial charge in [0.15, 0.2) is 0 Å². The Bertz CT molecular complexity index is 495. The Morgan fingerprint density at radius 1 is 1.29 bits per heavy atom. The van der Waals surface area contributed by atoms with E-state index in [1.165, 1.54) is 11.1 Å². The lowest BCUT2D eigenvalue weighted by atomic mass is 9.92. The van der Waals surface area contributed by atoms with Crippen LogP contribution in [0.1, 0.15) is 31.9 Å². The lowest BCUT2D eigenvalue weighted by Crippen LogP contribution is -2.38. The Labute approximate surface area is 127 Å². The normalized spacial score (nSPS) is 16.9. The number of aliphatic hydroxyl groups is 2. The van der Waals surface area contributed by atoms with Crippen molar-refractivity contribution in [2.24, 2.45) is 5.41 Å². The molecule has 0 radical (unpaired) electrons. The molecule has 2 N–H and O–H groups in total. The third-order valence-electron chi connectivity index (χ3n) is 4.03. The van der Waals surface area contributed by atoms with Crippen molar-refractivity contribution in [1.29, 1.82) is 0 Å². The zero-order chi connectivity index (χ0) is 15.7. The second-order valence-electron chi connectivity index (χ2n) is 7.24. The van der Waals surface area contributed by atoms with Crippen molar-refractivity contribution in [3.63, 3.8) is 0 Å². The van der Waals surface area contributed by atoms with E-state index in [0.717, 1.165) is 18.7 Å². The minimum Gasteiger partial charge on any atom is -0.487 e. The molecule has 1 aromatic rings. The summed E-state index contributed by atoms with van der Waals surface area (Å²) in [5.74, 6) is 1.00. The summed E-state index contributed by atoms with van der Waals surface area (Å²) in [5.41, 5.74) is 1.81. The Morgan fingerprint density at radius 3 is 2.57 bits per heavy atom. The minimum atomic E-state index is -0.479. The van der Waals surface area contributed by atoms with E-state index < -0.39 is 5.41 Å². The van der Waals surface area contributed by atoms with Crippen molar-refractivity contribution >= 4 is 0 Å². The van der Waals surface area contributed by atoms with Crippen LogP contribution in [0.3, 0.4) is 0 Å². The maximum absolute atomic E-state index is 9.41. The maximum atomic E-state index is 9.41. The summed E-state index contributed by atoms with van der Waals surface area (Å²) in [6.07, 6.45) is 0.935. The van der Waals surface area contributed by atoms with Crippen LogP contribution in [0, 0.1) is 5.41 Å². The second-order valence-corrected chi connectivity index (χ2v) is 7.24. The van der Waals surface area contributed by atoms with Crippen LogP contribution in [0.4, 0.5) is 0 Å². The molecule has 2 rings (SSSR count). The average molecular weight is 293 g/mol. The van der Waals surface area contributed by atoms with Gasteiger partial charge < -0.3 is 19.8 Å². The van der Waals surface area contributed by atoms with Gasteiger partial charge in [0.2, 0.25) is 0 Å². The molecule has 0 spiro atoms. The number of para-hydroxylation sites is 1. The highest BCUT2D eigenvalue weighted by Gasteiger charge is 2.32. The highest BCUT2D eigenvalue weighted by atomic mass is 16.5. The van der Waals surface area contributed by atoms with Gasteiger partial charge >= 0.3 is 0 Å². The van der Waals surface area contributed by atoms with Crippen LogP contribution in [-0.4, -0.2) is 47.5 Å². The van der Waals surface area contributed by atoms with Crippen molar-refractivity contribution in [1.82, 2.24) is 4.90 Å². The molecule has 0 fully saturated rings. The highest BCUT2D eigenvalue weighted by molar-refractivity contribution is 5.45. The molecule has 0 saturated heterocycles. The van der Waals surface area contributed by atoms with E-state index in [0.29, 0.717) is 6.54 Å². The van der Waals surface area contributed by atoms with Crippen LogP contribution in [-0.2, 0) is 13.0 Å². The number of aliphatic hydroxyl groups excluding tert-OH is 2. The van der Waals surface area contributed by atoms with Crippen molar-refractivity contribution in [2.45, 2.75) is 39.3 Å². The summed E-state index contributed by atoms with van der Waals surface area (Å²) in [5, 5.41) is 18.8. The lowest BCUT2D eigenvalue weighted by Gasteiger charge is -2.30. The van der Waals surface area contributed by atoms with Crippen molar-refractivity contribution in [3.8, 4) is 5.75 Å². The van der Waals surface area contributed by atoms with E-state index in [4.69, 9.17) is 4.74 Å². The van der Waals surface area contributed by atoms with Crippen molar-refractivity contribution in [2.75, 3.05) is 26.8 Å². The number of benzene rings is 1. The summed E-state index contributed by atoms with van der Waals surface area (Å²) in [7, 11) is 2.00. The average Bonchev–Trinajstić information content (AvgIpc) is 2.73. The smallest absolute Gasteiger partial charge is 0.127 e. The summed E-state index contributed by atoms with van der Waals surface area (Å²) in [4.78, 5) is 2.12. The summed E-state index contributed by atoms with van der Waals surface area (Å²) < 4.78 is 6.08. The molecule has 4 heteroatoms. The zero-order valence-electron chi connectivity index (χ0n) is 13.5. The second kappa shape index (κ2) is 5.95. The number of rotatable bonds is 6. The SMILES string of the molecule is CN(Cc1cccc2c1OC(C)(C)C2)CC(C)(CO)CO. The molecular weight excluding hydrogens is 266 g/mol. The first-order chi connectivity index (χ1) is 9.78. The molecule has 21 heavy (non-hydrogen) atoms. The van der Waals surface area contributed by atoms with Crippen LogP contribution in [0.5, 0.6) is 5.75 Å². The molecular formula is C17H27NO3. The fourth-order valence-electron chi connectivity index (χ4n) is 2.95. The van der Waals surface area contributed by atoms with Crippen molar-refractivity contribution in [3.05, 3.63) is 29.3 Å². The van der Waals surface area contributed by atoms with Gasteiger partial charge in [0, 0.05) is 30.5 Å². The van der Waals surface area contributed by atoms with Crippen LogP contribution in [0.25, 0.3) is 0 Å². The molecule has 1 aliphatic rings. The number of fused-ring (bicyclic) bond motifs is 1. The molecule has 0 aliphatic carbocycles. The molecule has 0 aromatic heterocycles. The molecule has 0 saturated carbocycles. The molecule has 4 nitrogen and oxygen atoms in total. The third kappa shape index (κ3) is 3.76. The largest absolute Gasteiger partial charge is 0.487 e. The van der Waals surface area contributed by atoms with Crippen molar-refractivity contribution < 1.29 is 14.9 Å². The van der Waals surface area contributed by atoms with Gasteiger partial charge in [-0.05, 0) is 26.5 Å². The molecule has 0 bridgehead atoms. The minimum absolute atomic E-state index is 0.0235. The van der Waals surface area contributed by atoms with E-state index in [9.17, 15) is 10.2 Å². The quantitative estimate of drug-likeness (QED) is 0.840. The Hall–Kier alpha value is -1.10. The Kier molecular flexibility index (Phi) is 4.61. The van der Waals surface area contributed by atoms with Gasteiger partial charge in [-0.3, -0.25) is 0 Å². The van der Waals surface area contributed by atoms with E-state index in [1.807, 2.05) is 14.0 Å². The topological polar surface area (TPSA) is 52.9 Å². The Morgan fingerprint density at radius 2 is 1.95 bits per heavy atom. The first-order valence-electron chi connectivity index (χ1n) is 7.49. The molecule has 0 amide bonds. The van der Waals surface area contributed by atoms with E-state index in [-0.39, 0.29) is 18.8 Å². The van der Waals surface area contributed by atoms with Crippen LogP contribution >= 0.6 is 0 Å². The first kappa shape index (κ1) is 16.3. The lowest BCUT2D eigenvalue weighted by molar-refractivity contribution is 0.0398. The standard InChI is InChI=1S/C17H27NO3/c1-16(2)8-13-6-5-7-14(15(13)21-16)9-18(4)10-17(3,11-19)12-20/h5-7,19-20H,8-12H2,1-4H3. The van der Waals surface area contributed by atoms with Crippen LogP contribution in [0.15, 0.2) is 18.2 Å². The maximum Gasteiger partial charge on any atom is 0.127 e. The van der Waals surface area contributed by atoms with E-state index in [1.54, 1.807) is 0 Å². The fraction of sp³-hybridized carbons (Fsp3) is 0.647. The predicted molar refractivity (Wildman–Crippen MR) is 83.5 cm³/mol. The number of nitrogens with zero attached hydrogens (tertiary/aromatic N) is 1. The molecule has 0 atom stereocenters. The van der Waals surface area contributed by atoms with Gasteiger partial charge in [-0.15, -0.1) is 0 Å². The monoisotopic (exact) mass is 293 g/mol. The fourth-order valence-corrected chi connectivity index (χ4v) is 2.95. The highest BCUT2D eigenvalue weighted by Crippen LogP contribution is 2.38. The summed E-state index contributed by atoms with van der Waals surface area (Å²) in [6, 6.07) is 6.29. The molecule has 118 valence electrons. The van der Waals surface area contributed by atoms with Gasteiger partial charge in [0.25, 0.3) is 0 Å². The molecule has 1 aliphatic heterocycles. The van der Waals surface area contributed by atoms with Gasteiger partial charge in [0.05, 0.1) is 13.2 Å². The zero-order valence-corrected chi connectivity index (χ0v) is 13.5. The van der Waals surface area contributed by atoms with Gasteiger partial charge in [0.1, 0.15) is 11.4 Å². The van der Waals surface area contributed by atoms with E-state index in [2.05, 4.69) is 36.9 Å². The molecule has 1 aromatic carbocycles. The van der Waals surface area contributed by atoms with Crippen LogP contribution < -0.4 is 4.74 Å². The number of hydrogen-bond acceptors (Lipinski definition) is 4. The van der Waals surface area contributed by atoms with Gasteiger partial charge in [-0.2, -0.15) is 0 Å². The van der Waals surface area contributed by atoms with E-state index >= 15 is 0 Å². The number of ether oxygens (including phenoxy) is 1. The summed E-state index contributed by atoms with van der Waals surface area (Å²) >= 11 is 0. The van der Waals surface area contributed by atoms with Crippen LogP contribution in [0.2, 0.25) is 0 Å². The summed E-state index contributed by atoms with van der Waals surface area (Å²) in [6.45, 7) is 7.43. The number of hydrogen-bond donors (Lipinski definition) is 2. The first-order valence-corrected chi connectivity index (χ1v) is 7.49. The Balaban J connectivity index is 2.10. The third-order valence-corrected chi connectivity index (χ3v) is 4.03. The van der Waals surface area contributed by atoms with Gasteiger partial charge in [-0.25, -0.2) is 0 Å².